The SMILES string of the molecule is O=C1CC(c2cccc(Cl)c2)CC2=C1C(c1ccccc1F)n1c(nc3ccccc31)N2. The molecule has 0 bridgehead atoms. The first kappa shape index (κ1) is 19.3. The number of carbonyl (C=O) groups excluding carboxylic acids is 1. The average Bonchev–Trinajstić information content (AvgIpc) is 3.16. The predicted octanol–water partition coefficient (Wildman–Crippen LogP) is 6.24. The van der Waals surface area contributed by atoms with Crippen LogP contribution in [0.1, 0.15) is 35.9 Å². The number of aromatic nitrogens is 2. The molecule has 0 saturated heterocycles. The molecule has 0 saturated carbocycles. The summed E-state index contributed by atoms with van der Waals surface area (Å²) in [4.78, 5) is 18.3. The largest absolute Gasteiger partial charge is 0.329 e. The molecule has 0 fully saturated rings. The molecule has 158 valence electrons. The Bertz CT molecular complexity index is 1420. The van der Waals surface area contributed by atoms with Crippen molar-refractivity contribution >= 4 is 34.4 Å². The number of nitrogens with one attached hydrogen (secondary N) is 1. The maximum atomic E-state index is 15.0. The lowest BCUT2D eigenvalue weighted by atomic mass is 9.77. The number of halogens is 2. The van der Waals surface area contributed by atoms with Gasteiger partial charge in [-0.2, -0.15) is 0 Å². The van der Waals surface area contributed by atoms with Gasteiger partial charge in [0.05, 0.1) is 17.1 Å². The van der Waals surface area contributed by atoms with Crippen LogP contribution < -0.4 is 5.32 Å². The summed E-state index contributed by atoms with van der Waals surface area (Å²) < 4.78 is 17.0. The standard InChI is InChI=1S/C26H19ClFN3O/c27-17-7-5-6-15(12-17)16-13-21-24(23(32)14-16)25(18-8-1-2-9-19(18)28)31-22-11-4-3-10-20(22)29-26(31)30-21/h1-12,16,25H,13-14H2,(H,29,30). The van der Waals surface area contributed by atoms with Crippen molar-refractivity contribution in [1.82, 2.24) is 9.55 Å². The van der Waals surface area contributed by atoms with E-state index < -0.39 is 6.04 Å². The average molecular weight is 444 g/mol. The van der Waals surface area contributed by atoms with Gasteiger partial charge in [0.25, 0.3) is 0 Å². The summed E-state index contributed by atoms with van der Waals surface area (Å²) in [6.07, 6.45) is 0.989. The van der Waals surface area contributed by atoms with E-state index in [1.54, 1.807) is 12.1 Å². The molecule has 32 heavy (non-hydrogen) atoms. The molecule has 2 aliphatic rings. The number of rotatable bonds is 2. The number of fused-ring (bicyclic) bond motifs is 3. The number of carbonyl (C=O) groups is 1. The molecule has 1 aliphatic carbocycles. The van der Waals surface area contributed by atoms with E-state index in [4.69, 9.17) is 16.6 Å². The number of ketones is 1. The third-order valence-electron chi connectivity index (χ3n) is 6.42. The summed E-state index contributed by atoms with van der Waals surface area (Å²) in [6, 6.07) is 21.5. The van der Waals surface area contributed by atoms with Gasteiger partial charge in [-0.1, -0.05) is 54.1 Å². The first-order valence-electron chi connectivity index (χ1n) is 10.6. The van der Waals surface area contributed by atoms with Gasteiger partial charge in [-0.25, -0.2) is 9.37 Å². The molecule has 3 aromatic carbocycles. The predicted molar refractivity (Wildman–Crippen MR) is 123 cm³/mol. The third kappa shape index (κ3) is 2.96. The van der Waals surface area contributed by atoms with E-state index >= 15 is 4.39 Å². The maximum absolute atomic E-state index is 15.0. The Morgan fingerprint density at radius 2 is 1.81 bits per heavy atom. The van der Waals surface area contributed by atoms with E-state index in [0.717, 1.165) is 22.3 Å². The van der Waals surface area contributed by atoms with Crippen LogP contribution in [0.3, 0.4) is 0 Å². The minimum atomic E-state index is -0.567. The van der Waals surface area contributed by atoms with Crippen molar-refractivity contribution in [3.63, 3.8) is 0 Å². The monoisotopic (exact) mass is 443 g/mol. The molecule has 2 unspecified atom stereocenters. The van der Waals surface area contributed by atoms with Gasteiger partial charge in [-0.3, -0.25) is 9.36 Å². The Kier molecular flexibility index (Phi) is 4.40. The topological polar surface area (TPSA) is 46.9 Å². The molecule has 4 nitrogen and oxygen atoms in total. The number of hydrogen-bond donors (Lipinski definition) is 1. The number of nitrogens with zero attached hydrogens (tertiary/aromatic N) is 2. The van der Waals surface area contributed by atoms with Gasteiger partial charge in [-0.15, -0.1) is 0 Å². The second-order valence-electron chi connectivity index (χ2n) is 8.32. The van der Waals surface area contributed by atoms with Crippen LogP contribution in [0.2, 0.25) is 5.02 Å². The molecule has 1 aliphatic heterocycles. The van der Waals surface area contributed by atoms with Gasteiger partial charge in [0.1, 0.15) is 5.82 Å². The van der Waals surface area contributed by atoms with Gasteiger partial charge in [0.2, 0.25) is 5.95 Å². The molecule has 2 heterocycles. The van der Waals surface area contributed by atoms with Gasteiger partial charge in [0, 0.05) is 28.3 Å². The van der Waals surface area contributed by atoms with Crippen molar-refractivity contribution in [3.8, 4) is 0 Å². The van der Waals surface area contributed by atoms with Crippen LogP contribution in [-0.4, -0.2) is 15.3 Å². The van der Waals surface area contributed by atoms with Crippen molar-refractivity contribution in [3.05, 3.63) is 106 Å². The molecule has 0 spiro atoms. The second-order valence-corrected chi connectivity index (χ2v) is 8.76. The Balaban J connectivity index is 1.54. The Morgan fingerprint density at radius 1 is 1.00 bits per heavy atom. The van der Waals surface area contributed by atoms with Gasteiger partial charge < -0.3 is 5.32 Å². The third-order valence-corrected chi connectivity index (χ3v) is 6.65. The van der Waals surface area contributed by atoms with Crippen molar-refractivity contribution in [2.75, 3.05) is 5.32 Å². The summed E-state index contributed by atoms with van der Waals surface area (Å²) in [5, 5.41) is 4.06. The van der Waals surface area contributed by atoms with Crippen molar-refractivity contribution < 1.29 is 9.18 Å². The van der Waals surface area contributed by atoms with Crippen LogP contribution in [0.4, 0.5) is 10.3 Å². The Labute approximate surface area is 189 Å². The highest BCUT2D eigenvalue weighted by Gasteiger charge is 2.40. The Hall–Kier alpha value is -3.44. The number of imidazole rings is 1. The van der Waals surface area contributed by atoms with E-state index in [9.17, 15) is 4.79 Å². The Morgan fingerprint density at radius 3 is 2.66 bits per heavy atom. The van der Waals surface area contributed by atoms with E-state index in [0.29, 0.717) is 34.9 Å². The highest BCUT2D eigenvalue weighted by Crippen LogP contribution is 2.46. The van der Waals surface area contributed by atoms with Crippen LogP contribution in [0.15, 0.2) is 84.1 Å². The summed E-state index contributed by atoms with van der Waals surface area (Å²) in [5.41, 5.74) is 4.59. The minimum Gasteiger partial charge on any atom is -0.329 e. The zero-order valence-corrected chi connectivity index (χ0v) is 17.8. The van der Waals surface area contributed by atoms with Crippen LogP contribution in [-0.2, 0) is 4.79 Å². The van der Waals surface area contributed by atoms with Crippen molar-refractivity contribution in [2.45, 2.75) is 24.8 Å². The highest BCUT2D eigenvalue weighted by atomic mass is 35.5. The molecule has 4 aromatic rings. The number of hydrogen-bond acceptors (Lipinski definition) is 3. The van der Waals surface area contributed by atoms with Crippen LogP contribution in [0.5, 0.6) is 0 Å². The molecule has 6 rings (SSSR count). The van der Waals surface area contributed by atoms with Crippen LogP contribution in [0, 0.1) is 5.82 Å². The fourth-order valence-corrected chi connectivity index (χ4v) is 5.21. The molecule has 2 atom stereocenters. The summed E-state index contributed by atoms with van der Waals surface area (Å²) in [5.74, 6) is 0.308. The molecule has 0 radical (unpaired) electrons. The van der Waals surface area contributed by atoms with Crippen LogP contribution >= 0.6 is 11.6 Å². The number of anilines is 1. The van der Waals surface area contributed by atoms with Crippen molar-refractivity contribution in [1.29, 1.82) is 0 Å². The summed E-state index contributed by atoms with van der Waals surface area (Å²) in [7, 11) is 0. The lowest BCUT2D eigenvalue weighted by Crippen LogP contribution is -2.33. The minimum absolute atomic E-state index is 0.00430. The second kappa shape index (κ2) is 7.31. The normalized spacial score (nSPS) is 20.1. The number of Topliss-reactive ketones (excluding diaryl/α,β-unsaturated/α-hetero) is 1. The molecular formula is C26H19ClFN3O. The zero-order valence-electron chi connectivity index (χ0n) is 17.1. The molecule has 1 aromatic heterocycles. The number of benzene rings is 3. The smallest absolute Gasteiger partial charge is 0.209 e. The molecule has 0 amide bonds. The fraction of sp³-hybridized carbons (Fsp3) is 0.154. The van der Waals surface area contributed by atoms with E-state index in [1.807, 2.05) is 59.2 Å². The van der Waals surface area contributed by atoms with E-state index in [2.05, 4.69) is 5.32 Å². The van der Waals surface area contributed by atoms with E-state index in [1.165, 1.54) is 6.07 Å². The van der Waals surface area contributed by atoms with Crippen molar-refractivity contribution in [2.24, 2.45) is 0 Å². The lowest BCUT2D eigenvalue weighted by Gasteiger charge is -2.36. The fourth-order valence-electron chi connectivity index (χ4n) is 5.01. The summed E-state index contributed by atoms with van der Waals surface area (Å²) in [6.45, 7) is 0. The van der Waals surface area contributed by atoms with Crippen LogP contribution in [0.25, 0.3) is 11.0 Å². The molecular weight excluding hydrogens is 425 g/mol. The first-order chi connectivity index (χ1) is 15.6. The van der Waals surface area contributed by atoms with E-state index in [-0.39, 0.29) is 17.5 Å². The zero-order chi connectivity index (χ0) is 21.8. The maximum Gasteiger partial charge on any atom is 0.209 e. The van der Waals surface area contributed by atoms with Gasteiger partial charge in [-0.05, 0) is 48.2 Å². The number of allylic oxidation sites excluding steroid dienone is 2. The van der Waals surface area contributed by atoms with Gasteiger partial charge >= 0.3 is 0 Å². The highest BCUT2D eigenvalue weighted by molar-refractivity contribution is 6.30. The first-order valence-corrected chi connectivity index (χ1v) is 11.0. The quantitative estimate of drug-likeness (QED) is 0.398. The molecule has 1 N–H and O–H groups in total. The summed E-state index contributed by atoms with van der Waals surface area (Å²) >= 11 is 6.20. The number of para-hydroxylation sites is 2. The molecule has 6 heteroatoms. The van der Waals surface area contributed by atoms with Gasteiger partial charge in [0.15, 0.2) is 5.78 Å². The lowest BCUT2D eigenvalue weighted by molar-refractivity contribution is -0.116.